The highest BCUT2D eigenvalue weighted by Crippen LogP contribution is 2.49. The number of phosphoric ester groups is 1. The second kappa shape index (κ2) is 21.4. The number of aromatic amines is 2. The van der Waals surface area contributed by atoms with E-state index in [1.807, 2.05) is 9.97 Å². The molecule has 2 aliphatic heterocycles. The zero-order valence-electron chi connectivity index (χ0n) is 34.6. The minimum absolute atomic E-state index is 0.0559. The van der Waals surface area contributed by atoms with Crippen LogP contribution in [0.15, 0.2) is 102 Å². The zero-order valence-corrected chi connectivity index (χ0v) is 37.2. The Kier molecular flexibility index (Phi) is 16.4. The van der Waals surface area contributed by atoms with Crippen LogP contribution in [0.2, 0.25) is 0 Å². The summed E-state index contributed by atoms with van der Waals surface area (Å²) in [5.74, 6) is -0.898. The second-order valence-electron chi connectivity index (χ2n) is 14.8. The Morgan fingerprint density at radius 2 is 1.12 bits per heavy atom. The minimum Gasteiger partial charge on any atom is -0.394 e. The number of benzene rings is 2. The van der Waals surface area contributed by atoms with Crippen molar-refractivity contribution in [3.63, 3.8) is 0 Å². The molecule has 0 aliphatic carbocycles. The predicted molar refractivity (Wildman–Crippen MR) is 222 cm³/mol. The van der Waals surface area contributed by atoms with E-state index in [1.54, 1.807) is 38.1 Å². The van der Waals surface area contributed by atoms with Gasteiger partial charge >= 0.3 is 19.2 Å². The standard InChI is InChI=1S/C38H47N4O20PS2/c1-23-3-7-25(8-4-23)64(51,52)17-15-55-21-57-33-31(46)28(61-35(33)41-13-11-29(44)39-37(41)47)20-59-63(49,50)62-32-27(19-43)60-36(42-14-12-30(45)40-38(42)48)34(32)58-22-56-16-18-65(53,54)26-9-5-24(2)6-10-26/h3-14,27-28,31-36,43,46H,15-22H2,1-2H3,(H,49,50)(H,39,44,47)(H,40,45,48)/t27-,28-,31-,32-,33-,34-,35-,36-/m1/s1. The van der Waals surface area contributed by atoms with Gasteiger partial charge in [0.1, 0.15) is 50.2 Å². The van der Waals surface area contributed by atoms with Crippen molar-refractivity contribution in [2.75, 3.05) is 51.5 Å². The highest BCUT2D eigenvalue weighted by atomic mass is 32.2. The van der Waals surface area contributed by atoms with Crippen molar-refractivity contribution in [1.29, 1.82) is 0 Å². The molecular weight excluding hydrogens is 928 g/mol. The average molecular weight is 975 g/mol. The third-order valence-electron chi connectivity index (χ3n) is 10.1. The second-order valence-corrected chi connectivity index (χ2v) is 20.4. The van der Waals surface area contributed by atoms with Crippen molar-refractivity contribution >= 4 is 27.5 Å². The summed E-state index contributed by atoms with van der Waals surface area (Å²) in [5, 5.41) is 21.5. The predicted octanol–water partition coefficient (Wildman–Crippen LogP) is -0.980. The lowest BCUT2D eigenvalue weighted by Crippen LogP contribution is -2.41. The van der Waals surface area contributed by atoms with Crippen LogP contribution < -0.4 is 22.5 Å². The van der Waals surface area contributed by atoms with Crippen LogP contribution in [0.25, 0.3) is 0 Å². The molecule has 0 spiro atoms. The molecule has 4 heterocycles. The molecule has 24 nitrogen and oxygen atoms in total. The molecule has 2 aromatic carbocycles. The first-order valence-corrected chi connectivity index (χ1v) is 24.4. The number of aromatic nitrogens is 4. The molecule has 6 rings (SSSR count). The molecule has 5 N–H and O–H groups in total. The van der Waals surface area contributed by atoms with E-state index in [4.69, 9.17) is 37.5 Å². The van der Waals surface area contributed by atoms with Gasteiger partial charge in [-0.05, 0) is 38.1 Å². The number of aryl methyl sites for hydroxylation is 2. The Hall–Kier alpha value is -4.51. The van der Waals surface area contributed by atoms with E-state index in [9.17, 15) is 55.7 Å². The molecule has 2 aliphatic rings. The van der Waals surface area contributed by atoms with Crippen molar-refractivity contribution < 1.29 is 74.0 Å². The molecular formula is C38H47N4O20PS2. The van der Waals surface area contributed by atoms with Gasteiger partial charge in [0.2, 0.25) is 0 Å². The maximum Gasteiger partial charge on any atom is 0.472 e. The summed E-state index contributed by atoms with van der Waals surface area (Å²) >= 11 is 0. The number of aliphatic hydroxyl groups excluding tert-OH is 2. The number of nitrogens with zero attached hydrogens (tertiary/aromatic N) is 2. The maximum atomic E-state index is 13.6. The van der Waals surface area contributed by atoms with Crippen molar-refractivity contribution in [3.8, 4) is 0 Å². The SMILES string of the molecule is Cc1ccc(S(=O)(=O)CCOCO[C@@H]2[C@H](O)[C@@H](COP(=O)(O)O[C@H]3[C@@H](OCOCCS(=O)(=O)c4ccc(C)cc4)[C@H](n4ccc(=O)[nH]c4=O)O[C@@H]3CO)O[C@H]2n2ccc(=O)[nH]c2=O)cc1. The molecule has 4 aromatic rings. The summed E-state index contributed by atoms with van der Waals surface area (Å²) in [7, 11) is -12.8. The Bertz CT molecular complexity index is 2760. The van der Waals surface area contributed by atoms with Crippen molar-refractivity contribution in [3.05, 3.63) is 126 Å². The molecule has 1 unspecified atom stereocenters. The van der Waals surface area contributed by atoms with E-state index in [1.165, 1.54) is 24.3 Å². The Morgan fingerprint density at radius 3 is 1.58 bits per heavy atom. The number of nitrogens with one attached hydrogen (secondary N) is 2. The van der Waals surface area contributed by atoms with Crippen molar-refractivity contribution in [2.24, 2.45) is 0 Å². The van der Waals surface area contributed by atoms with E-state index < -0.39 is 137 Å². The number of aliphatic hydroxyl groups is 2. The Labute approximate surface area is 369 Å². The summed E-state index contributed by atoms with van der Waals surface area (Å²) in [6.07, 6.45) is -10.6. The van der Waals surface area contributed by atoms with E-state index in [2.05, 4.69) is 0 Å². The van der Waals surface area contributed by atoms with E-state index in [0.29, 0.717) is 0 Å². The lowest BCUT2D eigenvalue weighted by atomic mass is 10.1. The van der Waals surface area contributed by atoms with E-state index >= 15 is 0 Å². The zero-order chi connectivity index (χ0) is 47.1. The fourth-order valence-corrected chi connectivity index (χ4v) is 9.89. The van der Waals surface area contributed by atoms with Gasteiger partial charge in [-0.3, -0.25) is 37.7 Å². The van der Waals surface area contributed by atoms with Crippen LogP contribution in [0.3, 0.4) is 0 Å². The summed E-state index contributed by atoms with van der Waals surface area (Å²) < 4.78 is 111. The number of ether oxygens (including phenoxy) is 6. The molecule has 65 heavy (non-hydrogen) atoms. The average Bonchev–Trinajstić information content (AvgIpc) is 3.74. The van der Waals surface area contributed by atoms with Gasteiger partial charge in [-0.1, -0.05) is 35.4 Å². The lowest BCUT2D eigenvalue weighted by Gasteiger charge is -2.26. The Balaban J connectivity index is 1.12. The van der Waals surface area contributed by atoms with Gasteiger partial charge in [-0.25, -0.2) is 31.0 Å². The van der Waals surface area contributed by atoms with Gasteiger partial charge in [0.05, 0.1) is 47.7 Å². The molecule has 27 heteroatoms. The first kappa shape index (κ1) is 49.9. The number of H-pyrrole nitrogens is 2. The molecule has 2 saturated heterocycles. The van der Waals surface area contributed by atoms with Gasteiger partial charge in [0, 0.05) is 24.5 Å². The van der Waals surface area contributed by atoms with Gasteiger partial charge in [-0.15, -0.1) is 0 Å². The summed E-state index contributed by atoms with van der Waals surface area (Å²) in [6.45, 7) is -0.258. The number of hydrogen-bond acceptors (Lipinski definition) is 19. The highest BCUT2D eigenvalue weighted by Gasteiger charge is 2.52. The van der Waals surface area contributed by atoms with Gasteiger partial charge in [0.15, 0.2) is 32.1 Å². The number of hydrogen-bond donors (Lipinski definition) is 5. The first-order valence-electron chi connectivity index (χ1n) is 19.6. The van der Waals surface area contributed by atoms with Crippen LogP contribution in [0.4, 0.5) is 0 Å². The van der Waals surface area contributed by atoms with E-state index in [0.717, 1.165) is 44.8 Å². The number of rotatable bonds is 22. The van der Waals surface area contributed by atoms with Crippen LogP contribution in [0.1, 0.15) is 23.6 Å². The molecule has 9 atom stereocenters. The minimum atomic E-state index is -5.32. The van der Waals surface area contributed by atoms with E-state index in [-0.39, 0.29) is 23.0 Å². The molecule has 356 valence electrons. The summed E-state index contributed by atoms with van der Waals surface area (Å²) in [6, 6.07) is 14.3. The fourth-order valence-electron chi connectivity index (χ4n) is 6.69. The number of phosphoric acid groups is 1. The Morgan fingerprint density at radius 1 is 0.677 bits per heavy atom. The van der Waals surface area contributed by atoms with Gasteiger partial charge < -0.3 is 43.5 Å². The van der Waals surface area contributed by atoms with Crippen LogP contribution in [-0.2, 0) is 61.7 Å². The van der Waals surface area contributed by atoms with Crippen molar-refractivity contribution in [2.45, 2.75) is 72.7 Å². The molecule has 0 bridgehead atoms. The molecule has 2 fully saturated rings. The lowest BCUT2D eigenvalue weighted by molar-refractivity contribution is -0.138. The largest absolute Gasteiger partial charge is 0.472 e. The fraction of sp³-hybridized carbons (Fsp3) is 0.474. The van der Waals surface area contributed by atoms with Crippen LogP contribution in [-0.4, -0.2) is 139 Å². The van der Waals surface area contributed by atoms with Crippen LogP contribution >= 0.6 is 7.82 Å². The number of sulfone groups is 2. The molecule has 0 saturated carbocycles. The highest BCUT2D eigenvalue weighted by molar-refractivity contribution is 7.91. The van der Waals surface area contributed by atoms with Crippen LogP contribution in [0, 0.1) is 13.8 Å². The maximum absolute atomic E-state index is 13.6. The molecule has 0 amide bonds. The smallest absolute Gasteiger partial charge is 0.394 e. The first-order chi connectivity index (χ1) is 30.8. The third kappa shape index (κ3) is 12.7. The quantitative estimate of drug-likeness (QED) is 0.0359. The molecule has 0 radical (unpaired) electrons. The molecule has 2 aromatic heterocycles. The third-order valence-corrected chi connectivity index (χ3v) is 14.5. The van der Waals surface area contributed by atoms with Gasteiger partial charge in [-0.2, -0.15) is 0 Å². The topological polar surface area (TPSA) is 330 Å². The van der Waals surface area contributed by atoms with Gasteiger partial charge in [0.25, 0.3) is 11.1 Å². The van der Waals surface area contributed by atoms with Crippen LogP contribution in [0.5, 0.6) is 0 Å². The normalized spacial score (nSPS) is 24.6. The summed E-state index contributed by atoms with van der Waals surface area (Å²) in [4.78, 5) is 64.3. The van der Waals surface area contributed by atoms with Crippen molar-refractivity contribution in [1.82, 2.24) is 19.1 Å². The monoisotopic (exact) mass is 974 g/mol. The summed E-state index contributed by atoms with van der Waals surface area (Å²) in [5.41, 5.74) is -1.81.